The highest BCUT2D eigenvalue weighted by Crippen LogP contribution is 2.21. The minimum atomic E-state index is -0.207. The monoisotopic (exact) mass is 447 g/mol. The van der Waals surface area contributed by atoms with Gasteiger partial charge in [0.1, 0.15) is 12.4 Å². The Morgan fingerprint density at radius 1 is 1.00 bits per heavy atom. The smallest absolute Gasteiger partial charge is 0.248 e. The molecule has 0 saturated carbocycles. The van der Waals surface area contributed by atoms with Crippen LogP contribution in [-0.4, -0.2) is 25.3 Å². The van der Waals surface area contributed by atoms with Gasteiger partial charge in [-0.1, -0.05) is 30.3 Å². The first-order valence-corrected chi connectivity index (χ1v) is 10.7. The van der Waals surface area contributed by atoms with Gasteiger partial charge in [0.2, 0.25) is 11.7 Å². The Bertz CT molecular complexity index is 1390. The maximum absolute atomic E-state index is 12.3. The lowest BCUT2D eigenvalue weighted by Crippen LogP contribution is -2.07. The van der Waals surface area contributed by atoms with Gasteiger partial charge in [-0.3, -0.25) is 14.2 Å². The van der Waals surface area contributed by atoms with Crippen LogP contribution in [0, 0.1) is 0 Å². The van der Waals surface area contributed by atoms with E-state index in [4.69, 9.17) is 4.74 Å². The number of hydrogen-bond acceptors (Lipinski definition) is 5. The number of rotatable bonds is 7. The highest BCUT2D eigenvalue weighted by atomic mass is 16.5. The van der Waals surface area contributed by atoms with E-state index >= 15 is 0 Å². The molecule has 0 radical (unpaired) electrons. The molecule has 0 fully saturated rings. The van der Waals surface area contributed by atoms with Crippen LogP contribution < -0.4 is 10.1 Å². The standard InChI is InChI=1S/C27H21N5O2/c33-26(13-6-20-4-11-24(12-5-20)34-19-21-3-1-14-28-17-21)30-23-9-7-22(8-10-23)25-18-32-16-2-15-29-27(32)31-25/h1-18H,19H2,(H,30,33)/b13-6+. The van der Waals surface area contributed by atoms with Gasteiger partial charge in [0.25, 0.3) is 0 Å². The molecule has 0 aliphatic carbocycles. The number of ether oxygens (including phenoxy) is 1. The Balaban J connectivity index is 1.15. The van der Waals surface area contributed by atoms with Crippen molar-refractivity contribution in [1.29, 1.82) is 0 Å². The number of pyridine rings is 1. The molecular weight excluding hydrogens is 426 g/mol. The minimum Gasteiger partial charge on any atom is -0.489 e. The molecule has 0 saturated heterocycles. The van der Waals surface area contributed by atoms with Gasteiger partial charge >= 0.3 is 0 Å². The van der Waals surface area contributed by atoms with Crippen molar-refractivity contribution in [3.05, 3.63) is 115 Å². The number of nitrogens with zero attached hydrogens (tertiary/aromatic N) is 4. The summed E-state index contributed by atoms with van der Waals surface area (Å²) in [5, 5.41) is 2.87. The molecule has 1 N–H and O–H groups in total. The van der Waals surface area contributed by atoms with Crippen LogP contribution >= 0.6 is 0 Å². The van der Waals surface area contributed by atoms with E-state index in [0.717, 1.165) is 28.1 Å². The summed E-state index contributed by atoms with van der Waals surface area (Å²) in [5.41, 5.74) is 4.39. The first-order chi connectivity index (χ1) is 16.7. The predicted molar refractivity (Wildman–Crippen MR) is 131 cm³/mol. The molecule has 166 valence electrons. The third kappa shape index (κ3) is 5.16. The summed E-state index contributed by atoms with van der Waals surface area (Å²) < 4.78 is 7.63. The minimum absolute atomic E-state index is 0.207. The summed E-state index contributed by atoms with van der Waals surface area (Å²) in [6, 6.07) is 20.8. The normalized spacial score (nSPS) is 11.1. The highest BCUT2D eigenvalue weighted by Gasteiger charge is 2.05. The van der Waals surface area contributed by atoms with Crippen LogP contribution in [0.2, 0.25) is 0 Å². The van der Waals surface area contributed by atoms with Crippen molar-refractivity contribution in [3.63, 3.8) is 0 Å². The molecule has 0 unspecified atom stereocenters. The van der Waals surface area contributed by atoms with E-state index in [9.17, 15) is 4.79 Å². The molecule has 3 heterocycles. The fourth-order valence-corrected chi connectivity index (χ4v) is 3.37. The van der Waals surface area contributed by atoms with Gasteiger partial charge in [0.05, 0.1) is 5.69 Å². The summed E-state index contributed by atoms with van der Waals surface area (Å²) >= 11 is 0. The molecule has 0 aliphatic rings. The molecule has 5 aromatic rings. The van der Waals surface area contributed by atoms with Gasteiger partial charge in [-0.15, -0.1) is 0 Å². The fraction of sp³-hybridized carbons (Fsp3) is 0.0370. The van der Waals surface area contributed by atoms with Crippen LogP contribution in [0.15, 0.2) is 104 Å². The Morgan fingerprint density at radius 3 is 2.62 bits per heavy atom. The second-order valence-corrected chi connectivity index (χ2v) is 7.57. The van der Waals surface area contributed by atoms with Gasteiger partial charge in [-0.25, -0.2) is 9.97 Å². The van der Waals surface area contributed by atoms with Crippen LogP contribution in [0.1, 0.15) is 11.1 Å². The first-order valence-electron chi connectivity index (χ1n) is 10.7. The fourth-order valence-electron chi connectivity index (χ4n) is 3.37. The van der Waals surface area contributed by atoms with Crippen LogP contribution in [0.3, 0.4) is 0 Å². The summed E-state index contributed by atoms with van der Waals surface area (Å²) in [4.78, 5) is 25.2. The number of imidazole rings is 1. The van der Waals surface area contributed by atoms with E-state index in [-0.39, 0.29) is 5.91 Å². The number of aromatic nitrogens is 4. The number of nitrogens with one attached hydrogen (secondary N) is 1. The molecule has 2 aromatic carbocycles. The van der Waals surface area contributed by atoms with Gasteiger partial charge in [-0.05, 0) is 48.0 Å². The van der Waals surface area contributed by atoms with Crippen molar-refractivity contribution in [3.8, 4) is 17.0 Å². The van der Waals surface area contributed by atoms with E-state index in [2.05, 4.69) is 20.3 Å². The molecule has 0 spiro atoms. The summed E-state index contributed by atoms with van der Waals surface area (Å²) in [5.74, 6) is 1.20. The average molecular weight is 447 g/mol. The SMILES string of the molecule is O=C(/C=C/c1ccc(OCc2cccnc2)cc1)Nc1ccc(-c2cn3cccnc3n2)cc1. The number of anilines is 1. The molecule has 0 bridgehead atoms. The van der Waals surface area contributed by atoms with Crippen molar-refractivity contribution in [2.24, 2.45) is 0 Å². The summed E-state index contributed by atoms with van der Waals surface area (Å²) in [6.07, 6.45) is 12.3. The van der Waals surface area contributed by atoms with E-state index in [1.165, 1.54) is 6.08 Å². The van der Waals surface area contributed by atoms with E-state index < -0.39 is 0 Å². The molecule has 5 rings (SSSR count). The van der Waals surface area contributed by atoms with E-state index in [0.29, 0.717) is 18.1 Å². The molecular formula is C27H21N5O2. The van der Waals surface area contributed by atoms with E-state index in [1.807, 2.05) is 83.5 Å². The highest BCUT2D eigenvalue weighted by molar-refractivity contribution is 6.02. The Morgan fingerprint density at radius 2 is 1.85 bits per heavy atom. The summed E-state index contributed by atoms with van der Waals surface area (Å²) in [6.45, 7) is 0.457. The van der Waals surface area contributed by atoms with Gasteiger partial charge in [0.15, 0.2) is 0 Å². The Labute approximate surface area is 196 Å². The lowest BCUT2D eigenvalue weighted by atomic mass is 10.1. The summed E-state index contributed by atoms with van der Waals surface area (Å²) in [7, 11) is 0. The van der Waals surface area contributed by atoms with Gasteiger partial charge in [-0.2, -0.15) is 0 Å². The topological polar surface area (TPSA) is 81.4 Å². The molecule has 0 aliphatic heterocycles. The zero-order valence-electron chi connectivity index (χ0n) is 18.2. The molecule has 7 heteroatoms. The van der Waals surface area contributed by atoms with Crippen molar-refractivity contribution in [2.75, 3.05) is 5.32 Å². The largest absolute Gasteiger partial charge is 0.489 e. The molecule has 7 nitrogen and oxygen atoms in total. The van der Waals surface area contributed by atoms with Crippen LogP contribution in [0.4, 0.5) is 5.69 Å². The molecule has 3 aromatic heterocycles. The number of benzene rings is 2. The predicted octanol–water partition coefficient (Wildman–Crippen LogP) is 5.02. The second kappa shape index (κ2) is 9.79. The Kier molecular flexibility index (Phi) is 6.07. The number of amides is 1. The van der Waals surface area contributed by atoms with Crippen molar-refractivity contribution in [1.82, 2.24) is 19.4 Å². The third-order valence-corrected chi connectivity index (χ3v) is 5.12. The average Bonchev–Trinajstić information content (AvgIpc) is 3.32. The van der Waals surface area contributed by atoms with Gasteiger partial charge in [0, 0.05) is 53.9 Å². The second-order valence-electron chi connectivity index (χ2n) is 7.57. The maximum atomic E-state index is 12.3. The Hall–Kier alpha value is -4.78. The van der Waals surface area contributed by atoms with Gasteiger partial charge < -0.3 is 10.1 Å². The zero-order chi connectivity index (χ0) is 23.2. The lowest BCUT2D eigenvalue weighted by molar-refractivity contribution is -0.111. The zero-order valence-corrected chi connectivity index (χ0v) is 18.2. The number of fused-ring (bicyclic) bond motifs is 1. The number of hydrogen-bond donors (Lipinski definition) is 1. The number of carbonyl (C=O) groups is 1. The van der Waals surface area contributed by atoms with Crippen LogP contribution in [0.25, 0.3) is 23.1 Å². The molecule has 1 amide bonds. The van der Waals surface area contributed by atoms with Crippen LogP contribution in [0.5, 0.6) is 5.75 Å². The van der Waals surface area contributed by atoms with Crippen molar-refractivity contribution < 1.29 is 9.53 Å². The van der Waals surface area contributed by atoms with Crippen molar-refractivity contribution >= 4 is 23.4 Å². The van der Waals surface area contributed by atoms with Crippen molar-refractivity contribution in [2.45, 2.75) is 6.61 Å². The van der Waals surface area contributed by atoms with Crippen LogP contribution in [-0.2, 0) is 11.4 Å². The molecule has 34 heavy (non-hydrogen) atoms. The third-order valence-electron chi connectivity index (χ3n) is 5.12. The number of carbonyl (C=O) groups excluding carboxylic acids is 1. The quantitative estimate of drug-likeness (QED) is 0.354. The maximum Gasteiger partial charge on any atom is 0.248 e. The lowest BCUT2D eigenvalue weighted by Gasteiger charge is -2.06. The molecule has 0 atom stereocenters. The first kappa shape index (κ1) is 21.1. The van der Waals surface area contributed by atoms with E-state index in [1.54, 1.807) is 24.7 Å².